The van der Waals surface area contributed by atoms with Crippen molar-refractivity contribution in [3.05, 3.63) is 33.9 Å². The first kappa shape index (κ1) is 19.1. The first-order valence-corrected chi connectivity index (χ1v) is 8.46. The van der Waals surface area contributed by atoms with Crippen molar-refractivity contribution in [3.63, 3.8) is 0 Å². The molecule has 1 aliphatic heterocycles. The van der Waals surface area contributed by atoms with Crippen LogP contribution in [0.4, 0.5) is 5.69 Å². The van der Waals surface area contributed by atoms with E-state index in [0.717, 1.165) is 38.0 Å². The van der Waals surface area contributed by atoms with Gasteiger partial charge in [-0.25, -0.2) is 4.79 Å². The Morgan fingerprint density at radius 3 is 2.96 bits per heavy atom. The molecule has 1 aromatic carbocycles. The van der Waals surface area contributed by atoms with Crippen molar-refractivity contribution in [2.75, 3.05) is 33.4 Å². The van der Waals surface area contributed by atoms with Gasteiger partial charge in [0, 0.05) is 38.3 Å². The van der Waals surface area contributed by atoms with Gasteiger partial charge in [-0.1, -0.05) is 19.4 Å². The van der Waals surface area contributed by atoms with Gasteiger partial charge in [-0.2, -0.15) is 0 Å². The second-order valence-corrected chi connectivity index (χ2v) is 6.04. The van der Waals surface area contributed by atoms with E-state index in [4.69, 9.17) is 4.74 Å². The third kappa shape index (κ3) is 5.40. The maximum atomic E-state index is 11.3. The summed E-state index contributed by atoms with van der Waals surface area (Å²) in [6.07, 6.45) is 2.19. The number of hydrogen-bond acceptors (Lipinski definition) is 7. The van der Waals surface area contributed by atoms with E-state index >= 15 is 0 Å². The van der Waals surface area contributed by atoms with Crippen molar-refractivity contribution < 1.29 is 19.2 Å². The molecule has 8 heteroatoms. The first-order valence-electron chi connectivity index (χ1n) is 8.46. The van der Waals surface area contributed by atoms with Crippen LogP contribution in [0.25, 0.3) is 0 Å². The number of nitro groups is 1. The van der Waals surface area contributed by atoms with Crippen LogP contribution in [-0.4, -0.2) is 55.2 Å². The Morgan fingerprint density at radius 2 is 2.28 bits per heavy atom. The van der Waals surface area contributed by atoms with Gasteiger partial charge in [0.15, 0.2) is 12.4 Å². The van der Waals surface area contributed by atoms with Crippen molar-refractivity contribution >= 4 is 11.7 Å². The lowest BCUT2D eigenvalue weighted by molar-refractivity contribution is -0.385. The van der Waals surface area contributed by atoms with Crippen LogP contribution in [-0.2, 0) is 16.1 Å². The van der Waals surface area contributed by atoms with Crippen LogP contribution in [0.5, 0.6) is 5.75 Å². The molecule has 1 heterocycles. The fraction of sp³-hybridized carbons (Fsp3) is 0.588. The minimum atomic E-state index is -0.582. The number of nitrogens with zero attached hydrogens (tertiary/aromatic N) is 2. The molecular formula is C17H25N3O5. The predicted molar refractivity (Wildman–Crippen MR) is 92.6 cm³/mol. The molecular weight excluding hydrogens is 326 g/mol. The molecule has 0 saturated carbocycles. The number of benzene rings is 1. The molecule has 0 spiro atoms. The van der Waals surface area contributed by atoms with Crippen LogP contribution in [0.3, 0.4) is 0 Å². The number of rotatable bonds is 8. The highest BCUT2D eigenvalue weighted by Crippen LogP contribution is 2.29. The van der Waals surface area contributed by atoms with E-state index in [1.54, 1.807) is 6.07 Å². The second kappa shape index (κ2) is 9.33. The van der Waals surface area contributed by atoms with Crippen LogP contribution >= 0.6 is 0 Å². The molecule has 0 amide bonds. The molecule has 2 rings (SSSR count). The highest BCUT2D eigenvalue weighted by Gasteiger charge is 2.23. The third-order valence-corrected chi connectivity index (χ3v) is 4.27. The minimum absolute atomic E-state index is 0.0737. The summed E-state index contributed by atoms with van der Waals surface area (Å²) in [5.74, 6) is -0.508. The maximum Gasteiger partial charge on any atom is 0.343 e. The van der Waals surface area contributed by atoms with Gasteiger partial charge in [0.2, 0.25) is 0 Å². The van der Waals surface area contributed by atoms with Crippen LogP contribution < -0.4 is 10.1 Å². The largest absolute Gasteiger partial charge is 0.475 e. The molecule has 1 aliphatic rings. The number of carbonyl (C=O) groups is 1. The molecule has 25 heavy (non-hydrogen) atoms. The van der Waals surface area contributed by atoms with Crippen molar-refractivity contribution in [2.45, 2.75) is 32.4 Å². The van der Waals surface area contributed by atoms with E-state index in [9.17, 15) is 14.9 Å². The molecule has 1 saturated heterocycles. The summed E-state index contributed by atoms with van der Waals surface area (Å²) in [6.45, 7) is 5.24. The third-order valence-electron chi connectivity index (χ3n) is 4.27. The van der Waals surface area contributed by atoms with E-state index in [1.165, 1.54) is 13.2 Å². The Hall–Kier alpha value is -2.19. The number of hydrogen-bond donors (Lipinski definition) is 1. The summed E-state index contributed by atoms with van der Waals surface area (Å²) in [4.78, 5) is 24.4. The van der Waals surface area contributed by atoms with Crippen LogP contribution in [0, 0.1) is 10.1 Å². The summed E-state index contributed by atoms with van der Waals surface area (Å²) in [7, 11) is 1.24. The quantitative estimate of drug-likeness (QED) is 0.433. The summed E-state index contributed by atoms with van der Waals surface area (Å²) >= 11 is 0. The number of esters is 1. The molecule has 0 aliphatic carbocycles. The Balaban J connectivity index is 2.11. The van der Waals surface area contributed by atoms with Gasteiger partial charge in [-0.05, 0) is 18.1 Å². The predicted octanol–water partition coefficient (Wildman–Crippen LogP) is 1.72. The molecule has 0 aromatic heterocycles. The summed E-state index contributed by atoms with van der Waals surface area (Å²) in [5, 5.41) is 14.7. The summed E-state index contributed by atoms with van der Waals surface area (Å²) in [6, 6.07) is 5.32. The van der Waals surface area contributed by atoms with Crippen LogP contribution in [0.1, 0.15) is 25.3 Å². The molecule has 138 valence electrons. The van der Waals surface area contributed by atoms with Gasteiger partial charge in [-0.3, -0.25) is 15.0 Å². The van der Waals surface area contributed by atoms with Gasteiger partial charge < -0.3 is 14.8 Å². The number of carbonyl (C=O) groups excluding carboxylic acids is 1. The molecule has 0 bridgehead atoms. The van der Waals surface area contributed by atoms with Gasteiger partial charge in [0.25, 0.3) is 0 Å². The molecule has 8 nitrogen and oxygen atoms in total. The van der Waals surface area contributed by atoms with E-state index in [-0.39, 0.29) is 18.0 Å². The number of ether oxygens (including phenoxy) is 2. The zero-order valence-electron chi connectivity index (χ0n) is 14.7. The molecule has 0 radical (unpaired) electrons. The number of piperazine rings is 1. The lowest BCUT2D eigenvalue weighted by Gasteiger charge is -2.36. The summed E-state index contributed by atoms with van der Waals surface area (Å²) < 4.78 is 9.70. The van der Waals surface area contributed by atoms with Crippen molar-refractivity contribution in [1.82, 2.24) is 10.2 Å². The fourth-order valence-electron chi connectivity index (χ4n) is 2.99. The van der Waals surface area contributed by atoms with Gasteiger partial charge in [0.05, 0.1) is 12.0 Å². The molecule has 1 unspecified atom stereocenters. The molecule has 1 aromatic rings. The molecule has 1 atom stereocenters. The van der Waals surface area contributed by atoms with Crippen molar-refractivity contribution in [1.29, 1.82) is 0 Å². The lowest BCUT2D eigenvalue weighted by atomic mass is 10.1. The molecule has 1 fully saturated rings. The number of methoxy groups -OCH3 is 1. The lowest BCUT2D eigenvalue weighted by Crippen LogP contribution is -2.50. The average molecular weight is 351 g/mol. The average Bonchev–Trinajstić information content (AvgIpc) is 2.62. The summed E-state index contributed by atoms with van der Waals surface area (Å²) in [5.41, 5.74) is 0.726. The fourth-order valence-corrected chi connectivity index (χ4v) is 2.99. The standard InChI is InChI=1S/C17H25N3O5/c1-3-4-14-10-18-7-8-19(14)11-13-5-6-16(15(9-13)20(22)23)25-12-17(21)24-2/h5-6,9,14,18H,3-4,7-8,10-12H2,1-2H3. The normalized spacial score (nSPS) is 17.9. The SMILES string of the molecule is CCCC1CNCCN1Cc1ccc(OCC(=O)OC)c([N+](=O)[O-])c1. The Morgan fingerprint density at radius 1 is 1.48 bits per heavy atom. The molecule has 1 N–H and O–H groups in total. The maximum absolute atomic E-state index is 11.3. The zero-order chi connectivity index (χ0) is 18.2. The monoisotopic (exact) mass is 351 g/mol. The topological polar surface area (TPSA) is 93.9 Å². The Bertz CT molecular complexity index is 606. The Kier molecular flexibility index (Phi) is 7.15. The van der Waals surface area contributed by atoms with Crippen LogP contribution in [0.15, 0.2) is 18.2 Å². The van der Waals surface area contributed by atoms with Gasteiger partial charge in [-0.15, -0.1) is 0 Å². The van der Waals surface area contributed by atoms with Crippen molar-refractivity contribution in [2.24, 2.45) is 0 Å². The highest BCUT2D eigenvalue weighted by molar-refractivity contribution is 5.71. The number of nitrogens with one attached hydrogen (secondary N) is 1. The van der Waals surface area contributed by atoms with Gasteiger partial charge in [0.1, 0.15) is 0 Å². The van der Waals surface area contributed by atoms with E-state index in [1.807, 2.05) is 6.07 Å². The second-order valence-electron chi connectivity index (χ2n) is 6.04. The Labute approximate surface area is 147 Å². The van der Waals surface area contributed by atoms with E-state index < -0.39 is 10.9 Å². The first-order chi connectivity index (χ1) is 12.0. The smallest absolute Gasteiger partial charge is 0.343 e. The minimum Gasteiger partial charge on any atom is -0.475 e. The zero-order valence-corrected chi connectivity index (χ0v) is 14.7. The van der Waals surface area contributed by atoms with E-state index in [0.29, 0.717) is 12.6 Å². The van der Waals surface area contributed by atoms with Gasteiger partial charge >= 0.3 is 11.7 Å². The van der Waals surface area contributed by atoms with Crippen molar-refractivity contribution in [3.8, 4) is 5.75 Å². The highest BCUT2D eigenvalue weighted by atomic mass is 16.6. The van der Waals surface area contributed by atoms with Crippen LogP contribution in [0.2, 0.25) is 0 Å². The number of nitro benzene ring substituents is 1. The van der Waals surface area contributed by atoms with E-state index in [2.05, 4.69) is 21.9 Å².